The smallest absolute Gasteiger partial charge is 0.0947 e. The number of aliphatic hydroxyl groups is 1. The van der Waals surface area contributed by atoms with Gasteiger partial charge in [-0.15, -0.1) is 0 Å². The number of ether oxygens (including phenoxy) is 1. The number of aliphatic hydroxyl groups excluding tert-OH is 1. The molecule has 3 heteroatoms. The summed E-state index contributed by atoms with van der Waals surface area (Å²) >= 11 is 0. The van der Waals surface area contributed by atoms with Crippen LogP contribution in [0.15, 0.2) is 12.3 Å². The molecular formula is C12H23NO2. The van der Waals surface area contributed by atoms with Crippen molar-refractivity contribution >= 4 is 0 Å². The fraction of sp³-hybridized carbons (Fsp3) is 0.833. The van der Waals surface area contributed by atoms with Gasteiger partial charge in [-0.2, -0.15) is 0 Å². The minimum Gasteiger partial charge on any atom is -0.389 e. The van der Waals surface area contributed by atoms with E-state index in [1.165, 1.54) is 6.42 Å². The summed E-state index contributed by atoms with van der Waals surface area (Å²) in [5.74, 6) is 0. The molecule has 3 nitrogen and oxygen atoms in total. The second-order valence-corrected chi connectivity index (χ2v) is 4.20. The fourth-order valence-electron chi connectivity index (χ4n) is 1.78. The lowest BCUT2D eigenvalue weighted by Gasteiger charge is -2.22. The van der Waals surface area contributed by atoms with Gasteiger partial charge in [-0.1, -0.05) is 19.9 Å². The highest BCUT2D eigenvalue weighted by Gasteiger charge is 2.17. The molecule has 0 aromatic carbocycles. The van der Waals surface area contributed by atoms with Crippen LogP contribution in [0.25, 0.3) is 0 Å². The van der Waals surface area contributed by atoms with Crippen molar-refractivity contribution in [1.82, 2.24) is 4.90 Å². The summed E-state index contributed by atoms with van der Waals surface area (Å²) < 4.78 is 5.38. The van der Waals surface area contributed by atoms with Crippen LogP contribution in [-0.2, 0) is 4.74 Å². The molecule has 1 aliphatic heterocycles. The third-order valence-corrected chi connectivity index (χ3v) is 2.72. The van der Waals surface area contributed by atoms with Gasteiger partial charge in [0.2, 0.25) is 0 Å². The molecule has 0 aromatic rings. The van der Waals surface area contributed by atoms with Gasteiger partial charge in [0.25, 0.3) is 0 Å². The first kappa shape index (κ1) is 12.5. The first-order valence-corrected chi connectivity index (χ1v) is 5.92. The Hall–Kier alpha value is -0.540. The summed E-state index contributed by atoms with van der Waals surface area (Å²) in [6, 6.07) is 0. The van der Waals surface area contributed by atoms with Crippen LogP contribution in [0.3, 0.4) is 0 Å². The van der Waals surface area contributed by atoms with Crippen molar-refractivity contribution in [2.75, 3.05) is 26.3 Å². The first-order valence-electron chi connectivity index (χ1n) is 5.92. The Kier molecular flexibility index (Phi) is 5.73. The quantitative estimate of drug-likeness (QED) is 0.654. The van der Waals surface area contributed by atoms with Gasteiger partial charge in [0, 0.05) is 25.4 Å². The first-order chi connectivity index (χ1) is 7.24. The maximum Gasteiger partial charge on any atom is 0.0947 e. The third-order valence-electron chi connectivity index (χ3n) is 2.72. The van der Waals surface area contributed by atoms with E-state index in [2.05, 4.69) is 18.4 Å². The van der Waals surface area contributed by atoms with E-state index in [1.54, 1.807) is 0 Å². The molecule has 1 aliphatic rings. The van der Waals surface area contributed by atoms with Crippen LogP contribution in [0.1, 0.15) is 32.6 Å². The Morgan fingerprint density at radius 1 is 1.60 bits per heavy atom. The van der Waals surface area contributed by atoms with Crippen LogP contribution < -0.4 is 0 Å². The van der Waals surface area contributed by atoms with Gasteiger partial charge in [0.05, 0.1) is 12.7 Å². The molecule has 1 fully saturated rings. The van der Waals surface area contributed by atoms with E-state index < -0.39 is 0 Å². The zero-order chi connectivity index (χ0) is 11.1. The molecule has 1 N–H and O–H groups in total. The molecule has 1 rings (SSSR count). The predicted octanol–water partition coefficient (Wildman–Crippen LogP) is 1.77. The summed E-state index contributed by atoms with van der Waals surface area (Å²) in [5, 5.41) is 9.72. The van der Waals surface area contributed by atoms with Gasteiger partial charge < -0.3 is 14.7 Å². The lowest BCUT2D eigenvalue weighted by Crippen LogP contribution is -2.31. The average molecular weight is 213 g/mol. The van der Waals surface area contributed by atoms with Gasteiger partial charge in [-0.25, -0.2) is 0 Å². The number of β-amino-alcohol motifs (C(OH)–C–C–N with tert-alkyl or cyclic N) is 1. The minimum atomic E-state index is -0.378. The number of hydrogen-bond acceptors (Lipinski definition) is 3. The van der Waals surface area contributed by atoms with Crippen molar-refractivity contribution in [3.8, 4) is 0 Å². The van der Waals surface area contributed by atoms with E-state index in [1.807, 2.05) is 0 Å². The van der Waals surface area contributed by atoms with Gasteiger partial charge >= 0.3 is 0 Å². The molecule has 1 saturated heterocycles. The monoisotopic (exact) mass is 213 g/mol. The van der Waals surface area contributed by atoms with Crippen LogP contribution in [0.2, 0.25) is 0 Å². The Balaban J connectivity index is 2.07. The second kappa shape index (κ2) is 6.85. The lowest BCUT2D eigenvalue weighted by molar-refractivity contribution is 0.0231. The molecule has 15 heavy (non-hydrogen) atoms. The highest BCUT2D eigenvalue weighted by atomic mass is 16.5. The Bertz CT molecular complexity index is 194. The van der Waals surface area contributed by atoms with Crippen molar-refractivity contribution < 1.29 is 9.84 Å². The normalized spacial score (nSPS) is 18.5. The third kappa shape index (κ3) is 4.67. The number of nitrogens with zero attached hydrogens (tertiary/aromatic N) is 1. The minimum absolute atomic E-state index is 0.378. The van der Waals surface area contributed by atoms with Crippen molar-refractivity contribution in [2.24, 2.45) is 0 Å². The highest BCUT2D eigenvalue weighted by Crippen LogP contribution is 2.18. The average Bonchev–Trinajstić information content (AvgIpc) is 2.59. The molecule has 0 bridgehead atoms. The molecule has 0 amide bonds. The summed E-state index contributed by atoms with van der Waals surface area (Å²) in [6.45, 7) is 9.02. The van der Waals surface area contributed by atoms with Crippen LogP contribution in [-0.4, -0.2) is 42.4 Å². The van der Waals surface area contributed by atoms with Gasteiger partial charge in [-0.3, -0.25) is 0 Å². The molecular weight excluding hydrogens is 190 g/mol. The molecule has 0 aliphatic carbocycles. The Labute approximate surface area is 92.7 Å². The highest BCUT2D eigenvalue weighted by molar-refractivity contribution is 4.99. The molecule has 0 aromatic heterocycles. The Morgan fingerprint density at radius 3 is 3.00 bits per heavy atom. The van der Waals surface area contributed by atoms with Gasteiger partial charge in [0.15, 0.2) is 0 Å². The van der Waals surface area contributed by atoms with E-state index in [4.69, 9.17) is 4.74 Å². The predicted molar refractivity (Wildman–Crippen MR) is 61.7 cm³/mol. The molecule has 1 unspecified atom stereocenters. The van der Waals surface area contributed by atoms with Crippen LogP contribution in [0.5, 0.6) is 0 Å². The topological polar surface area (TPSA) is 32.7 Å². The number of likely N-dealkylation sites (tertiary alicyclic amines) is 1. The number of rotatable bonds is 7. The summed E-state index contributed by atoms with van der Waals surface area (Å²) in [4.78, 5) is 2.16. The zero-order valence-electron chi connectivity index (χ0n) is 9.74. The van der Waals surface area contributed by atoms with Crippen molar-refractivity contribution in [2.45, 2.75) is 38.7 Å². The maximum atomic E-state index is 9.72. The number of allylic oxidation sites excluding steroid dienone is 1. The van der Waals surface area contributed by atoms with Crippen molar-refractivity contribution in [3.63, 3.8) is 0 Å². The lowest BCUT2D eigenvalue weighted by atomic mass is 10.3. The summed E-state index contributed by atoms with van der Waals surface area (Å²) in [6.07, 6.45) is 4.07. The standard InChI is InChI=1S/C12H23NO2/c1-3-4-8-15-10-12(14)9-13-7-5-6-11(13)2/h12,14H,2-10H2,1H3. The molecule has 1 atom stereocenters. The maximum absolute atomic E-state index is 9.72. The van der Waals surface area contributed by atoms with Crippen molar-refractivity contribution in [3.05, 3.63) is 12.3 Å². The second-order valence-electron chi connectivity index (χ2n) is 4.20. The van der Waals surface area contributed by atoms with E-state index >= 15 is 0 Å². The van der Waals surface area contributed by atoms with E-state index in [0.717, 1.165) is 38.1 Å². The zero-order valence-corrected chi connectivity index (χ0v) is 9.74. The summed E-state index contributed by atoms with van der Waals surface area (Å²) in [7, 11) is 0. The van der Waals surface area contributed by atoms with Crippen LogP contribution in [0, 0.1) is 0 Å². The van der Waals surface area contributed by atoms with Crippen molar-refractivity contribution in [1.29, 1.82) is 0 Å². The molecule has 0 radical (unpaired) electrons. The van der Waals surface area contributed by atoms with E-state index in [-0.39, 0.29) is 6.10 Å². The van der Waals surface area contributed by atoms with Gasteiger partial charge in [0.1, 0.15) is 0 Å². The van der Waals surface area contributed by atoms with Crippen LogP contribution >= 0.6 is 0 Å². The van der Waals surface area contributed by atoms with E-state index in [9.17, 15) is 5.11 Å². The largest absolute Gasteiger partial charge is 0.389 e. The molecule has 0 spiro atoms. The molecule has 0 saturated carbocycles. The fourth-order valence-corrected chi connectivity index (χ4v) is 1.78. The van der Waals surface area contributed by atoms with Crippen LogP contribution in [0.4, 0.5) is 0 Å². The molecule has 88 valence electrons. The summed E-state index contributed by atoms with van der Waals surface area (Å²) in [5.41, 5.74) is 1.16. The number of unbranched alkanes of at least 4 members (excludes halogenated alkanes) is 1. The molecule has 1 heterocycles. The number of hydrogen-bond donors (Lipinski definition) is 1. The Morgan fingerprint density at radius 2 is 2.40 bits per heavy atom. The SMILES string of the molecule is C=C1CCCN1CC(O)COCCCC. The van der Waals surface area contributed by atoms with Gasteiger partial charge in [-0.05, 0) is 19.3 Å². The van der Waals surface area contributed by atoms with E-state index in [0.29, 0.717) is 13.2 Å².